The van der Waals surface area contributed by atoms with Gasteiger partial charge in [0, 0.05) is 12.8 Å². The normalized spacial score (nSPS) is 11.2. The van der Waals surface area contributed by atoms with Crippen molar-refractivity contribution < 1.29 is 13.5 Å². The Bertz CT molecular complexity index is 277. The van der Waals surface area contributed by atoms with E-state index in [-0.39, 0.29) is 6.61 Å². The molecule has 1 rings (SSSR count). The van der Waals surface area contributed by atoms with Crippen LogP contribution in [0.1, 0.15) is 19.2 Å². The Morgan fingerprint density at radius 3 is 2.85 bits per heavy atom. The molecule has 0 unspecified atom stereocenters. The van der Waals surface area contributed by atoms with Gasteiger partial charge in [0.1, 0.15) is 5.69 Å². The maximum atomic E-state index is 12.1. The van der Waals surface area contributed by atoms with E-state index in [9.17, 15) is 8.78 Å². The molecule has 0 bridgehead atoms. The number of nitrogens with zero attached hydrogens (tertiary/aromatic N) is 2. The van der Waals surface area contributed by atoms with Gasteiger partial charge in [-0.25, -0.2) is 4.68 Å². The van der Waals surface area contributed by atoms with Gasteiger partial charge in [0.15, 0.2) is 0 Å². The second-order valence-electron chi connectivity index (χ2n) is 2.32. The number of hydrogen-bond acceptors (Lipinski definition) is 2. The van der Waals surface area contributed by atoms with Crippen LogP contribution in [0.2, 0.25) is 0 Å². The number of halogens is 3. The van der Waals surface area contributed by atoms with Crippen LogP contribution in [0.3, 0.4) is 0 Å². The van der Waals surface area contributed by atoms with E-state index >= 15 is 0 Å². The van der Waals surface area contributed by atoms with E-state index in [1.807, 2.05) is 29.5 Å². The molecule has 3 nitrogen and oxygen atoms in total. The number of alkyl halides is 2. The van der Waals surface area contributed by atoms with Crippen LogP contribution in [0.25, 0.3) is 0 Å². The Hall–Kier alpha value is -0.240. The zero-order valence-corrected chi connectivity index (χ0v) is 9.16. The molecule has 0 amide bonds. The molecule has 1 heterocycles. The lowest BCUT2D eigenvalue weighted by Gasteiger charge is -1.98. The fourth-order valence-corrected chi connectivity index (χ4v) is 1.35. The van der Waals surface area contributed by atoms with Gasteiger partial charge in [-0.3, -0.25) is 0 Å². The first kappa shape index (κ1) is 10.8. The van der Waals surface area contributed by atoms with Gasteiger partial charge in [-0.2, -0.15) is 13.9 Å². The first-order chi connectivity index (χ1) is 6.15. The summed E-state index contributed by atoms with van der Waals surface area (Å²) in [5, 5.41) is 3.68. The molecule has 0 fully saturated rings. The van der Waals surface area contributed by atoms with Crippen LogP contribution in [0.5, 0.6) is 0 Å². The molecule has 0 radical (unpaired) electrons. The monoisotopic (exact) mass is 302 g/mol. The Labute approximate surface area is 88.2 Å². The van der Waals surface area contributed by atoms with Crippen molar-refractivity contribution in [2.75, 3.05) is 6.61 Å². The van der Waals surface area contributed by atoms with Crippen molar-refractivity contribution in [1.82, 2.24) is 9.78 Å². The molecule has 0 aliphatic heterocycles. The Morgan fingerprint density at radius 1 is 1.69 bits per heavy atom. The number of aromatic nitrogens is 2. The van der Waals surface area contributed by atoms with Crippen molar-refractivity contribution in [3.8, 4) is 0 Å². The summed E-state index contributed by atoms with van der Waals surface area (Å²) in [5.74, 6) is 0. The minimum absolute atomic E-state index is 0.286. The molecular formula is C7H9F2IN2O. The van der Waals surface area contributed by atoms with Gasteiger partial charge in [0.25, 0.3) is 0 Å². The second kappa shape index (κ2) is 4.85. The van der Waals surface area contributed by atoms with E-state index < -0.39 is 6.55 Å². The quantitative estimate of drug-likeness (QED) is 0.799. The van der Waals surface area contributed by atoms with Crippen LogP contribution in [0, 0.1) is 3.57 Å². The average molecular weight is 302 g/mol. The van der Waals surface area contributed by atoms with Crippen LogP contribution in [0.15, 0.2) is 6.20 Å². The summed E-state index contributed by atoms with van der Waals surface area (Å²) >= 11 is 1.96. The minimum atomic E-state index is -2.58. The van der Waals surface area contributed by atoms with Gasteiger partial charge < -0.3 is 4.74 Å². The van der Waals surface area contributed by atoms with Gasteiger partial charge in [-0.05, 0) is 29.5 Å². The van der Waals surface area contributed by atoms with E-state index in [1.165, 1.54) is 6.20 Å². The minimum Gasteiger partial charge on any atom is -0.375 e. The maximum absolute atomic E-state index is 12.1. The fourth-order valence-electron chi connectivity index (χ4n) is 0.803. The third-order valence-corrected chi connectivity index (χ3v) is 2.30. The highest BCUT2D eigenvalue weighted by atomic mass is 127. The van der Waals surface area contributed by atoms with E-state index in [0.29, 0.717) is 20.6 Å². The van der Waals surface area contributed by atoms with Crippen LogP contribution < -0.4 is 0 Å². The molecule has 6 heteroatoms. The predicted molar refractivity (Wildman–Crippen MR) is 51.5 cm³/mol. The van der Waals surface area contributed by atoms with E-state index in [2.05, 4.69) is 5.10 Å². The van der Waals surface area contributed by atoms with Crippen molar-refractivity contribution in [2.24, 2.45) is 0 Å². The van der Waals surface area contributed by atoms with Crippen molar-refractivity contribution in [3.05, 3.63) is 15.5 Å². The molecule has 1 aromatic heterocycles. The second-order valence-corrected chi connectivity index (χ2v) is 3.48. The number of rotatable bonds is 4. The predicted octanol–water partition coefficient (Wildman–Crippen LogP) is 2.42. The Morgan fingerprint density at radius 2 is 2.38 bits per heavy atom. The lowest BCUT2D eigenvalue weighted by atomic mass is 10.5. The van der Waals surface area contributed by atoms with E-state index in [4.69, 9.17) is 4.74 Å². The molecule has 0 saturated heterocycles. The topological polar surface area (TPSA) is 27.1 Å². The highest BCUT2D eigenvalue weighted by molar-refractivity contribution is 14.1. The third kappa shape index (κ3) is 2.87. The molecule has 74 valence electrons. The van der Waals surface area contributed by atoms with Crippen LogP contribution in [0.4, 0.5) is 8.78 Å². The SMILES string of the molecule is CCOCc1nn(C(F)F)cc1I. The standard InChI is InChI=1S/C7H9F2IN2O/c1-2-13-4-6-5(10)3-12(11-6)7(8)9/h3,7H,2,4H2,1H3. The zero-order chi connectivity index (χ0) is 9.84. The van der Waals surface area contributed by atoms with Crippen molar-refractivity contribution in [3.63, 3.8) is 0 Å². The molecular weight excluding hydrogens is 293 g/mol. The highest BCUT2D eigenvalue weighted by Gasteiger charge is 2.11. The molecule has 0 aromatic carbocycles. The van der Waals surface area contributed by atoms with Crippen molar-refractivity contribution in [2.45, 2.75) is 20.1 Å². The summed E-state index contributed by atoms with van der Waals surface area (Å²) in [7, 11) is 0. The summed E-state index contributed by atoms with van der Waals surface area (Å²) in [4.78, 5) is 0. The fraction of sp³-hybridized carbons (Fsp3) is 0.571. The number of hydrogen-bond donors (Lipinski definition) is 0. The average Bonchev–Trinajstić information content (AvgIpc) is 2.44. The third-order valence-electron chi connectivity index (χ3n) is 1.40. The summed E-state index contributed by atoms with van der Waals surface area (Å²) in [6, 6.07) is 0. The maximum Gasteiger partial charge on any atom is 0.333 e. The molecule has 13 heavy (non-hydrogen) atoms. The summed E-state index contributed by atoms with van der Waals surface area (Å²) in [6.45, 7) is 0.104. The van der Waals surface area contributed by atoms with Crippen LogP contribution in [-0.4, -0.2) is 16.4 Å². The smallest absolute Gasteiger partial charge is 0.333 e. The molecule has 0 aliphatic carbocycles. The first-order valence-electron chi connectivity index (χ1n) is 3.74. The lowest BCUT2D eigenvalue weighted by Crippen LogP contribution is -2.00. The summed E-state index contributed by atoms with van der Waals surface area (Å²) < 4.78 is 30.7. The van der Waals surface area contributed by atoms with Gasteiger partial charge in [-0.1, -0.05) is 0 Å². The lowest BCUT2D eigenvalue weighted by molar-refractivity contribution is 0.0545. The molecule has 1 aromatic rings. The summed E-state index contributed by atoms with van der Waals surface area (Å²) in [6.07, 6.45) is 1.31. The van der Waals surface area contributed by atoms with E-state index in [1.54, 1.807) is 0 Å². The first-order valence-corrected chi connectivity index (χ1v) is 4.82. The van der Waals surface area contributed by atoms with Gasteiger partial charge in [0.2, 0.25) is 0 Å². The molecule has 0 atom stereocenters. The van der Waals surface area contributed by atoms with Gasteiger partial charge in [-0.15, -0.1) is 0 Å². The molecule has 0 spiro atoms. The zero-order valence-electron chi connectivity index (χ0n) is 7.01. The van der Waals surface area contributed by atoms with Crippen molar-refractivity contribution in [1.29, 1.82) is 0 Å². The van der Waals surface area contributed by atoms with Gasteiger partial charge >= 0.3 is 6.55 Å². The van der Waals surface area contributed by atoms with Crippen LogP contribution in [-0.2, 0) is 11.3 Å². The Balaban J connectivity index is 2.71. The molecule has 0 N–H and O–H groups in total. The summed E-state index contributed by atoms with van der Waals surface area (Å²) in [5.41, 5.74) is 0.558. The molecule has 0 saturated carbocycles. The largest absolute Gasteiger partial charge is 0.375 e. The van der Waals surface area contributed by atoms with E-state index in [0.717, 1.165) is 0 Å². The van der Waals surface area contributed by atoms with Crippen LogP contribution >= 0.6 is 22.6 Å². The van der Waals surface area contributed by atoms with Gasteiger partial charge in [0.05, 0.1) is 10.2 Å². The van der Waals surface area contributed by atoms with Crippen molar-refractivity contribution >= 4 is 22.6 Å². The highest BCUT2D eigenvalue weighted by Crippen LogP contribution is 2.16. The number of ether oxygens (including phenoxy) is 1. The Kier molecular flexibility index (Phi) is 4.04. The molecule has 0 aliphatic rings.